The van der Waals surface area contributed by atoms with Crippen molar-refractivity contribution in [3.05, 3.63) is 43.7 Å². The predicted molar refractivity (Wildman–Crippen MR) is 96.0 cm³/mol. The zero-order chi connectivity index (χ0) is 14.8. The average Bonchev–Trinajstić information content (AvgIpc) is 2.80. The van der Waals surface area contributed by atoms with Crippen molar-refractivity contribution in [2.24, 2.45) is 5.73 Å². The van der Waals surface area contributed by atoms with Gasteiger partial charge in [-0.1, -0.05) is 6.07 Å². The van der Waals surface area contributed by atoms with Crippen LogP contribution in [0.1, 0.15) is 29.3 Å². The lowest BCUT2D eigenvalue weighted by Crippen LogP contribution is -2.19. The molecule has 1 unspecified atom stereocenters. The summed E-state index contributed by atoms with van der Waals surface area (Å²) in [5, 5.41) is 6.18. The highest BCUT2D eigenvalue weighted by molar-refractivity contribution is 14.1. The molecular weight excluding hydrogens is 397 g/mol. The van der Waals surface area contributed by atoms with Crippen LogP contribution in [0.15, 0.2) is 30.3 Å². The third-order valence-corrected chi connectivity index (χ3v) is 5.53. The molecule has 0 aliphatic heterocycles. The Kier molecular flexibility index (Phi) is 4.34. The number of amides is 2. The van der Waals surface area contributed by atoms with Crippen LogP contribution in [0.25, 0.3) is 0 Å². The first kappa shape index (κ1) is 14.6. The number of fused-ring (bicyclic) bond motifs is 1. The van der Waals surface area contributed by atoms with Crippen molar-refractivity contribution < 1.29 is 4.79 Å². The van der Waals surface area contributed by atoms with Gasteiger partial charge in [-0.2, -0.15) is 0 Å². The number of primary amides is 1. The Bertz CT molecular complexity index is 671. The number of carbonyl (C=O) groups excluding carboxylic acids is 1. The number of rotatable bonds is 3. The van der Waals surface area contributed by atoms with E-state index in [4.69, 9.17) is 5.73 Å². The standard InChI is InChI=1S/C15H16IN3OS/c16-14-8-11-12(5-2-6-13(11)21-14)18-9-3-1-4-10(7-9)19-15(17)20/h1,3-4,7-8,12,18H,2,5-6H2,(H3,17,19,20). The van der Waals surface area contributed by atoms with Gasteiger partial charge in [-0.25, -0.2) is 4.79 Å². The van der Waals surface area contributed by atoms with E-state index in [1.807, 2.05) is 35.6 Å². The third-order valence-electron chi connectivity index (χ3n) is 3.55. The van der Waals surface area contributed by atoms with Gasteiger partial charge in [0, 0.05) is 16.3 Å². The molecule has 1 aliphatic rings. The summed E-state index contributed by atoms with van der Waals surface area (Å²) in [6.45, 7) is 0. The highest BCUT2D eigenvalue weighted by Crippen LogP contribution is 2.38. The van der Waals surface area contributed by atoms with E-state index >= 15 is 0 Å². The molecular formula is C15H16IN3OS. The Labute approximate surface area is 141 Å². The Morgan fingerprint density at radius 1 is 1.33 bits per heavy atom. The van der Waals surface area contributed by atoms with Crippen LogP contribution in [-0.2, 0) is 6.42 Å². The highest BCUT2D eigenvalue weighted by Gasteiger charge is 2.22. The number of carbonyl (C=O) groups is 1. The number of hydrogen-bond acceptors (Lipinski definition) is 3. The van der Waals surface area contributed by atoms with Crippen molar-refractivity contribution in [3.8, 4) is 0 Å². The van der Waals surface area contributed by atoms with E-state index in [0.717, 1.165) is 12.1 Å². The number of aryl methyl sites for hydroxylation is 1. The van der Waals surface area contributed by atoms with E-state index in [0.29, 0.717) is 11.7 Å². The summed E-state index contributed by atoms with van der Waals surface area (Å²) in [7, 11) is 0. The normalized spacial score (nSPS) is 17.1. The van der Waals surface area contributed by atoms with Gasteiger partial charge >= 0.3 is 6.03 Å². The Morgan fingerprint density at radius 3 is 2.95 bits per heavy atom. The number of benzene rings is 1. The lowest BCUT2D eigenvalue weighted by Gasteiger charge is -2.24. The zero-order valence-electron chi connectivity index (χ0n) is 11.4. The number of anilines is 2. The van der Waals surface area contributed by atoms with Crippen molar-refractivity contribution in [1.29, 1.82) is 0 Å². The average molecular weight is 413 g/mol. The van der Waals surface area contributed by atoms with Gasteiger partial charge < -0.3 is 16.4 Å². The van der Waals surface area contributed by atoms with Crippen LogP contribution in [0.3, 0.4) is 0 Å². The van der Waals surface area contributed by atoms with E-state index in [-0.39, 0.29) is 0 Å². The maximum atomic E-state index is 10.9. The lowest BCUT2D eigenvalue weighted by atomic mass is 9.94. The molecule has 0 bridgehead atoms. The summed E-state index contributed by atoms with van der Waals surface area (Å²) in [4.78, 5) is 12.4. The van der Waals surface area contributed by atoms with Gasteiger partial charge in [0.15, 0.2) is 0 Å². The van der Waals surface area contributed by atoms with Gasteiger partial charge in [0.2, 0.25) is 0 Å². The van der Waals surface area contributed by atoms with E-state index in [1.165, 1.54) is 26.2 Å². The number of halogens is 1. The fourth-order valence-corrected chi connectivity index (χ4v) is 4.82. The molecule has 2 amide bonds. The molecule has 6 heteroatoms. The van der Waals surface area contributed by atoms with E-state index in [9.17, 15) is 4.79 Å². The number of hydrogen-bond donors (Lipinski definition) is 3. The van der Waals surface area contributed by atoms with Crippen molar-refractivity contribution in [3.63, 3.8) is 0 Å². The number of urea groups is 1. The molecule has 1 atom stereocenters. The van der Waals surface area contributed by atoms with Gasteiger partial charge in [-0.05, 0) is 71.7 Å². The molecule has 0 spiro atoms. The largest absolute Gasteiger partial charge is 0.378 e. The molecule has 0 fully saturated rings. The van der Waals surface area contributed by atoms with Gasteiger partial charge in [-0.3, -0.25) is 0 Å². The van der Waals surface area contributed by atoms with E-state index in [2.05, 4.69) is 39.3 Å². The molecule has 1 aromatic carbocycles. The second kappa shape index (κ2) is 6.23. The van der Waals surface area contributed by atoms with Crippen LogP contribution < -0.4 is 16.4 Å². The molecule has 2 aromatic rings. The molecule has 1 aliphatic carbocycles. The molecule has 3 rings (SSSR count). The summed E-state index contributed by atoms with van der Waals surface area (Å²) in [6, 6.07) is 9.75. The van der Waals surface area contributed by atoms with E-state index in [1.54, 1.807) is 0 Å². The molecule has 110 valence electrons. The van der Waals surface area contributed by atoms with Crippen LogP contribution in [0.2, 0.25) is 0 Å². The SMILES string of the molecule is NC(=O)Nc1cccc(NC2CCCc3sc(I)cc32)c1. The number of thiophene rings is 1. The number of nitrogens with two attached hydrogens (primary N) is 1. The minimum absolute atomic E-state index is 0.345. The second-order valence-corrected chi connectivity index (χ2v) is 8.12. The van der Waals surface area contributed by atoms with Gasteiger partial charge in [0.25, 0.3) is 0 Å². The molecule has 1 heterocycles. The predicted octanol–water partition coefficient (Wildman–Crippen LogP) is 4.33. The third kappa shape index (κ3) is 3.49. The van der Waals surface area contributed by atoms with Crippen molar-refractivity contribution >= 4 is 51.3 Å². The topological polar surface area (TPSA) is 67.2 Å². The summed E-state index contributed by atoms with van der Waals surface area (Å²) in [5.41, 5.74) is 8.29. The Hall–Kier alpha value is -1.28. The van der Waals surface area contributed by atoms with Crippen molar-refractivity contribution in [2.75, 3.05) is 10.6 Å². The molecule has 1 aromatic heterocycles. The first-order valence-electron chi connectivity index (χ1n) is 6.83. The van der Waals surface area contributed by atoms with Crippen LogP contribution >= 0.6 is 33.9 Å². The molecule has 4 N–H and O–H groups in total. The molecule has 21 heavy (non-hydrogen) atoms. The maximum absolute atomic E-state index is 10.9. The number of nitrogens with one attached hydrogen (secondary N) is 2. The summed E-state index contributed by atoms with van der Waals surface area (Å²) in [5.74, 6) is 0. The van der Waals surface area contributed by atoms with Gasteiger partial charge in [-0.15, -0.1) is 11.3 Å². The molecule has 0 saturated carbocycles. The van der Waals surface area contributed by atoms with Crippen LogP contribution in [0.5, 0.6) is 0 Å². The Morgan fingerprint density at radius 2 is 2.14 bits per heavy atom. The second-order valence-electron chi connectivity index (χ2n) is 5.09. The fourth-order valence-electron chi connectivity index (χ4n) is 2.70. The van der Waals surface area contributed by atoms with Crippen LogP contribution in [-0.4, -0.2) is 6.03 Å². The quantitative estimate of drug-likeness (QED) is 0.656. The van der Waals surface area contributed by atoms with Gasteiger partial charge in [0.05, 0.1) is 8.93 Å². The first-order chi connectivity index (χ1) is 10.1. The molecule has 4 nitrogen and oxygen atoms in total. The minimum atomic E-state index is -0.542. The molecule has 0 radical (unpaired) electrons. The Balaban J connectivity index is 1.79. The smallest absolute Gasteiger partial charge is 0.316 e. The van der Waals surface area contributed by atoms with Crippen LogP contribution in [0, 0.1) is 2.88 Å². The fraction of sp³-hybridized carbons (Fsp3) is 0.267. The van der Waals surface area contributed by atoms with Crippen LogP contribution in [0.4, 0.5) is 16.2 Å². The zero-order valence-corrected chi connectivity index (χ0v) is 14.3. The summed E-state index contributed by atoms with van der Waals surface area (Å²) in [6.07, 6.45) is 3.53. The van der Waals surface area contributed by atoms with E-state index < -0.39 is 6.03 Å². The first-order valence-corrected chi connectivity index (χ1v) is 8.72. The van der Waals surface area contributed by atoms with Gasteiger partial charge in [0.1, 0.15) is 0 Å². The lowest BCUT2D eigenvalue weighted by molar-refractivity contribution is 0.259. The van der Waals surface area contributed by atoms with Crippen molar-refractivity contribution in [2.45, 2.75) is 25.3 Å². The highest BCUT2D eigenvalue weighted by atomic mass is 127. The maximum Gasteiger partial charge on any atom is 0.316 e. The molecule has 0 saturated heterocycles. The van der Waals surface area contributed by atoms with Crippen molar-refractivity contribution in [1.82, 2.24) is 0 Å². The monoisotopic (exact) mass is 413 g/mol. The summed E-state index contributed by atoms with van der Waals surface area (Å²) >= 11 is 4.28. The summed E-state index contributed by atoms with van der Waals surface area (Å²) < 4.78 is 1.34. The minimum Gasteiger partial charge on any atom is -0.378 e.